The molecule has 0 bridgehead atoms. The number of rotatable bonds is 4. The lowest BCUT2D eigenvalue weighted by atomic mass is 10.1. The Kier molecular flexibility index (Phi) is 5.78. The van der Waals surface area contributed by atoms with Crippen LogP contribution in [0.2, 0.25) is 0 Å². The van der Waals surface area contributed by atoms with E-state index in [1.165, 1.54) is 0 Å². The molecular formula is C15H22N2O3S. The summed E-state index contributed by atoms with van der Waals surface area (Å²) in [4.78, 5) is 0. The zero-order valence-electron chi connectivity index (χ0n) is 12.8. The molecule has 6 heteroatoms. The fourth-order valence-electron chi connectivity index (χ4n) is 1.65. The predicted octanol–water partition coefficient (Wildman–Crippen LogP) is 1.77. The molecule has 0 amide bonds. The van der Waals surface area contributed by atoms with E-state index in [9.17, 15) is 8.42 Å². The van der Waals surface area contributed by atoms with Gasteiger partial charge in [0.2, 0.25) is 0 Å². The maximum atomic E-state index is 12.0. The van der Waals surface area contributed by atoms with Crippen LogP contribution in [0.15, 0.2) is 18.2 Å². The highest BCUT2D eigenvalue weighted by atomic mass is 32.2. The van der Waals surface area contributed by atoms with Gasteiger partial charge in [0.1, 0.15) is 0 Å². The first-order valence-corrected chi connectivity index (χ1v) is 8.13. The first kappa shape index (κ1) is 17.5. The highest BCUT2D eigenvalue weighted by Crippen LogP contribution is 2.17. The lowest BCUT2D eigenvalue weighted by molar-refractivity contribution is 0.305. The smallest absolute Gasteiger partial charge is 0.299 e. The van der Waals surface area contributed by atoms with Gasteiger partial charge in [-0.3, -0.25) is 4.72 Å². The normalized spacial score (nSPS) is 11.7. The molecule has 0 spiro atoms. The molecular weight excluding hydrogens is 288 g/mol. The van der Waals surface area contributed by atoms with Gasteiger partial charge in [0.25, 0.3) is 10.2 Å². The van der Waals surface area contributed by atoms with E-state index in [1.807, 2.05) is 6.92 Å². The summed E-state index contributed by atoms with van der Waals surface area (Å²) in [6.07, 6.45) is 0.420. The Hall–Kier alpha value is -1.55. The minimum atomic E-state index is -3.62. The Bertz CT molecular complexity index is 650. The van der Waals surface area contributed by atoms with Gasteiger partial charge in [-0.2, -0.15) is 13.1 Å². The Balaban J connectivity index is 2.90. The third kappa shape index (κ3) is 6.63. The fourth-order valence-corrected chi connectivity index (χ4v) is 3.03. The largest absolute Gasteiger partial charge is 0.395 e. The summed E-state index contributed by atoms with van der Waals surface area (Å²) < 4.78 is 29.0. The van der Waals surface area contributed by atoms with Gasteiger partial charge in [0.15, 0.2) is 0 Å². The molecule has 1 rings (SSSR count). The van der Waals surface area contributed by atoms with E-state index >= 15 is 0 Å². The second-order valence-corrected chi connectivity index (χ2v) is 7.18. The molecule has 0 heterocycles. The molecule has 0 aliphatic heterocycles. The summed E-state index contributed by atoms with van der Waals surface area (Å²) in [7, 11) is -3.62. The Labute approximate surface area is 127 Å². The van der Waals surface area contributed by atoms with E-state index in [4.69, 9.17) is 5.11 Å². The van der Waals surface area contributed by atoms with Crippen molar-refractivity contribution in [2.45, 2.75) is 39.7 Å². The monoisotopic (exact) mass is 310 g/mol. The van der Waals surface area contributed by atoms with Crippen LogP contribution in [0.5, 0.6) is 0 Å². The van der Waals surface area contributed by atoms with Gasteiger partial charge < -0.3 is 5.11 Å². The van der Waals surface area contributed by atoms with Crippen molar-refractivity contribution in [3.05, 3.63) is 29.3 Å². The summed E-state index contributed by atoms with van der Waals surface area (Å²) in [5.74, 6) is 5.74. The molecule has 5 nitrogen and oxygen atoms in total. The van der Waals surface area contributed by atoms with Crippen LogP contribution in [0.3, 0.4) is 0 Å². The van der Waals surface area contributed by atoms with Crippen molar-refractivity contribution in [1.82, 2.24) is 4.72 Å². The average molecular weight is 310 g/mol. The number of anilines is 1. The van der Waals surface area contributed by atoms with Gasteiger partial charge in [-0.05, 0) is 51.5 Å². The summed E-state index contributed by atoms with van der Waals surface area (Å²) >= 11 is 0. The maximum Gasteiger partial charge on any atom is 0.299 e. The zero-order valence-corrected chi connectivity index (χ0v) is 13.6. The molecule has 0 aliphatic carbocycles. The first-order chi connectivity index (χ1) is 9.63. The standard InChI is InChI=1S/C15H22N2O3S/c1-12-11-13(7-5-6-10-18)8-9-14(12)16-21(19,20)17-15(2,3)4/h8-9,11,16-18H,6,10H2,1-4H3. The third-order valence-electron chi connectivity index (χ3n) is 2.38. The van der Waals surface area contributed by atoms with Crippen LogP contribution < -0.4 is 9.44 Å². The molecule has 0 atom stereocenters. The number of hydrogen-bond donors (Lipinski definition) is 3. The Morgan fingerprint density at radius 1 is 1.29 bits per heavy atom. The summed E-state index contributed by atoms with van der Waals surface area (Å²) in [6.45, 7) is 7.17. The fraction of sp³-hybridized carbons (Fsp3) is 0.467. The molecule has 0 radical (unpaired) electrons. The van der Waals surface area contributed by atoms with Crippen molar-refractivity contribution in [3.63, 3.8) is 0 Å². The van der Waals surface area contributed by atoms with E-state index in [-0.39, 0.29) is 6.61 Å². The highest BCUT2D eigenvalue weighted by molar-refractivity contribution is 7.90. The number of aliphatic hydroxyl groups is 1. The summed E-state index contributed by atoms with van der Waals surface area (Å²) in [6, 6.07) is 5.23. The van der Waals surface area contributed by atoms with E-state index in [2.05, 4.69) is 21.3 Å². The van der Waals surface area contributed by atoms with E-state index in [1.54, 1.807) is 39.0 Å². The van der Waals surface area contributed by atoms with Crippen molar-refractivity contribution in [2.75, 3.05) is 11.3 Å². The first-order valence-electron chi connectivity index (χ1n) is 6.65. The molecule has 1 aromatic carbocycles. The van der Waals surface area contributed by atoms with Crippen molar-refractivity contribution >= 4 is 15.9 Å². The van der Waals surface area contributed by atoms with E-state index in [0.717, 1.165) is 11.1 Å². The van der Waals surface area contributed by atoms with Crippen molar-refractivity contribution in [2.24, 2.45) is 0 Å². The van der Waals surface area contributed by atoms with Gasteiger partial charge in [-0.25, -0.2) is 0 Å². The van der Waals surface area contributed by atoms with Crippen LogP contribution in [0.1, 0.15) is 38.3 Å². The second-order valence-electron chi connectivity index (χ2n) is 5.76. The number of benzene rings is 1. The van der Waals surface area contributed by atoms with Gasteiger partial charge in [-0.1, -0.05) is 11.8 Å². The summed E-state index contributed by atoms with van der Waals surface area (Å²) in [5.41, 5.74) is 1.53. The van der Waals surface area contributed by atoms with Crippen LogP contribution in [0.4, 0.5) is 5.69 Å². The van der Waals surface area contributed by atoms with Crippen molar-refractivity contribution in [3.8, 4) is 11.8 Å². The molecule has 3 N–H and O–H groups in total. The number of aryl methyl sites for hydroxylation is 1. The maximum absolute atomic E-state index is 12.0. The minimum absolute atomic E-state index is 0.0301. The molecule has 1 aromatic rings. The molecule has 0 saturated carbocycles. The Morgan fingerprint density at radius 2 is 1.95 bits per heavy atom. The van der Waals surface area contributed by atoms with Gasteiger partial charge >= 0.3 is 0 Å². The number of aliphatic hydroxyl groups excluding tert-OH is 1. The van der Waals surface area contributed by atoms with E-state index in [0.29, 0.717) is 12.1 Å². The van der Waals surface area contributed by atoms with Crippen LogP contribution in [0, 0.1) is 18.8 Å². The molecule has 0 aromatic heterocycles. The van der Waals surface area contributed by atoms with Crippen LogP contribution in [-0.4, -0.2) is 25.7 Å². The third-order valence-corrected chi connectivity index (χ3v) is 3.75. The zero-order chi connectivity index (χ0) is 16.1. The number of hydrogen-bond acceptors (Lipinski definition) is 3. The second kappa shape index (κ2) is 6.94. The Morgan fingerprint density at radius 3 is 2.48 bits per heavy atom. The van der Waals surface area contributed by atoms with E-state index < -0.39 is 15.7 Å². The molecule has 0 aliphatic rings. The summed E-state index contributed by atoms with van der Waals surface area (Å²) in [5, 5.41) is 8.68. The van der Waals surface area contributed by atoms with Crippen LogP contribution in [0.25, 0.3) is 0 Å². The topological polar surface area (TPSA) is 78.4 Å². The van der Waals surface area contributed by atoms with Crippen molar-refractivity contribution < 1.29 is 13.5 Å². The minimum Gasteiger partial charge on any atom is -0.395 e. The highest BCUT2D eigenvalue weighted by Gasteiger charge is 2.20. The number of nitrogens with one attached hydrogen (secondary N) is 2. The van der Waals surface area contributed by atoms with Gasteiger partial charge in [-0.15, -0.1) is 0 Å². The van der Waals surface area contributed by atoms with Crippen LogP contribution >= 0.6 is 0 Å². The molecule has 0 saturated heterocycles. The lowest BCUT2D eigenvalue weighted by Crippen LogP contribution is -2.43. The average Bonchev–Trinajstić information content (AvgIpc) is 2.29. The quantitative estimate of drug-likeness (QED) is 0.742. The lowest BCUT2D eigenvalue weighted by Gasteiger charge is -2.21. The molecule has 0 unspecified atom stereocenters. The molecule has 116 valence electrons. The predicted molar refractivity (Wildman–Crippen MR) is 85.2 cm³/mol. The SMILES string of the molecule is Cc1cc(C#CCCO)ccc1NS(=O)(=O)NC(C)(C)C. The van der Waals surface area contributed by atoms with Crippen molar-refractivity contribution in [1.29, 1.82) is 0 Å². The van der Waals surface area contributed by atoms with Gasteiger partial charge in [0, 0.05) is 17.5 Å². The molecule has 0 fully saturated rings. The molecule has 21 heavy (non-hydrogen) atoms. The van der Waals surface area contributed by atoms with Crippen LogP contribution in [-0.2, 0) is 10.2 Å². The van der Waals surface area contributed by atoms with Gasteiger partial charge in [0.05, 0.1) is 12.3 Å².